The summed E-state index contributed by atoms with van der Waals surface area (Å²) in [7, 11) is 0. The van der Waals surface area contributed by atoms with Crippen LogP contribution in [0.5, 0.6) is 0 Å². The predicted octanol–water partition coefficient (Wildman–Crippen LogP) is 4.61. The summed E-state index contributed by atoms with van der Waals surface area (Å²) < 4.78 is 1.44. The maximum atomic E-state index is 12.5. The van der Waals surface area contributed by atoms with E-state index in [1.54, 1.807) is 24.5 Å². The quantitative estimate of drug-likeness (QED) is 0.376. The van der Waals surface area contributed by atoms with Gasteiger partial charge in [-0.3, -0.25) is 9.78 Å². The van der Waals surface area contributed by atoms with Crippen LogP contribution in [0, 0.1) is 0 Å². The van der Waals surface area contributed by atoms with Crippen LogP contribution in [0.3, 0.4) is 0 Å². The molecule has 0 fully saturated rings. The number of nitrogens with two attached hydrogens (primary N) is 1. The van der Waals surface area contributed by atoms with Crippen molar-refractivity contribution in [3.05, 3.63) is 90.3 Å². The number of carboxylic acids is 1. The topological polar surface area (TPSA) is 123 Å². The van der Waals surface area contributed by atoms with Crippen molar-refractivity contribution in [1.29, 1.82) is 0 Å². The van der Waals surface area contributed by atoms with Crippen LogP contribution < -0.4 is 5.73 Å². The number of hydrogen-bond donors (Lipinski definition) is 2. The van der Waals surface area contributed by atoms with Crippen molar-refractivity contribution in [1.82, 2.24) is 19.6 Å². The number of carbonyl (C=O) groups excluding carboxylic acids is 1. The number of nitrogens with zero attached hydrogens (tertiary/aromatic N) is 4. The molecule has 3 N–H and O–H groups in total. The Morgan fingerprint density at radius 3 is 2.21 bits per heavy atom. The van der Waals surface area contributed by atoms with Gasteiger partial charge in [0.25, 0.3) is 0 Å². The zero-order chi connectivity index (χ0) is 23.8. The van der Waals surface area contributed by atoms with Crippen LogP contribution in [0.2, 0.25) is 0 Å². The smallest absolute Gasteiger partial charge is 0.335 e. The van der Waals surface area contributed by atoms with Crippen molar-refractivity contribution in [2.75, 3.05) is 5.73 Å². The van der Waals surface area contributed by atoms with Crippen LogP contribution in [0.15, 0.2) is 79.1 Å². The zero-order valence-electron chi connectivity index (χ0n) is 18.1. The number of nitrogen functional groups attached to an aromatic ring is 1. The number of pyridine rings is 1. The Kier molecular flexibility index (Phi) is 5.10. The first-order valence-corrected chi connectivity index (χ1v) is 10.5. The molecule has 0 amide bonds. The van der Waals surface area contributed by atoms with Crippen LogP contribution in [-0.4, -0.2) is 36.4 Å². The minimum Gasteiger partial charge on any atom is -0.478 e. The Labute approximate surface area is 194 Å². The number of fused-ring (bicyclic) bond motifs is 1. The molecule has 2 aromatic carbocycles. The monoisotopic (exact) mass is 449 g/mol. The van der Waals surface area contributed by atoms with Gasteiger partial charge in [-0.2, -0.15) is 9.61 Å². The highest BCUT2D eigenvalue weighted by molar-refractivity contribution is 6.05. The molecule has 0 aliphatic carbocycles. The van der Waals surface area contributed by atoms with Crippen molar-refractivity contribution in [3.8, 4) is 33.6 Å². The second-order valence-electron chi connectivity index (χ2n) is 7.75. The summed E-state index contributed by atoms with van der Waals surface area (Å²) in [5.74, 6) is -1.14. The lowest BCUT2D eigenvalue weighted by molar-refractivity contribution is 0.0696. The number of benzene rings is 2. The van der Waals surface area contributed by atoms with Crippen LogP contribution in [-0.2, 0) is 0 Å². The Morgan fingerprint density at radius 2 is 1.59 bits per heavy atom. The van der Waals surface area contributed by atoms with Gasteiger partial charge in [-0.25, -0.2) is 9.78 Å². The number of aromatic carboxylic acids is 1. The van der Waals surface area contributed by atoms with E-state index < -0.39 is 5.97 Å². The Balaban J connectivity index is 1.65. The molecule has 0 atom stereocenters. The predicted molar refractivity (Wildman–Crippen MR) is 128 cm³/mol. The molecule has 0 saturated heterocycles. The molecule has 0 radical (unpaired) electrons. The van der Waals surface area contributed by atoms with Gasteiger partial charge >= 0.3 is 5.97 Å². The summed E-state index contributed by atoms with van der Waals surface area (Å²) >= 11 is 0. The van der Waals surface area contributed by atoms with Gasteiger partial charge in [-0.15, -0.1) is 0 Å². The number of carboxylic acid groups (broad SMARTS) is 1. The Bertz CT molecular complexity index is 1540. The molecular formula is C26H19N5O3. The SMILES string of the molecule is CC(=O)c1c(-c2ccc(C(=O)O)cc2)nc2c(-c3ccc(-c4ccccc4)nc3)cnn2c1N. The van der Waals surface area contributed by atoms with Crippen LogP contribution in [0.1, 0.15) is 27.6 Å². The molecule has 0 spiro atoms. The van der Waals surface area contributed by atoms with E-state index in [4.69, 9.17) is 10.7 Å². The molecule has 0 aliphatic heterocycles. The van der Waals surface area contributed by atoms with Gasteiger partial charge < -0.3 is 10.8 Å². The molecule has 8 nitrogen and oxygen atoms in total. The average Bonchev–Trinajstić information content (AvgIpc) is 3.29. The van der Waals surface area contributed by atoms with E-state index in [1.807, 2.05) is 42.5 Å². The summed E-state index contributed by atoms with van der Waals surface area (Å²) in [5, 5.41) is 13.6. The molecule has 0 saturated carbocycles. The molecule has 34 heavy (non-hydrogen) atoms. The first-order valence-electron chi connectivity index (χ1n) is 10.5. The van der Waals surface area contributed by atoms with Crippen LogP contribution >= 0.6 is 0 Å². The van der Waals surface area contributed by atoms with Crippen molar-refractivity contribution >= 4 is 23.2 Å². The van der Waals surface area contributed by atoms with Crippen molar-refractivity contribution in [2.45, 2.75) is 6.92 Å². The van der Waals surface area contributed by atoms with E-state index >= 15 is 0 Å². The average molecular weight is 449 g/mol. The van der Waals surface area contributed by atoms with Gasteiger partial charge in [0.2, 0.25) is 0 Å². The fourth-order valence-corrected chi connectivity index (χ4v) is 3.88. The molecular weight excluding hydrogens is 430 g/mol. The summed E-state index contributed by atoms with van der Waals surface area (Å²) in [6.45, 7) is 1.41. The fourth-order valence-electron chi connectivity index (χ4n) is 3.88. The molecule has 5 rings (SSSR count). The number of carbonyl (C=O) groups is 2. The molecule has 5 aromatic rings. The third-order valence-electron chi connectivity index (χ3n) is 5.58. The van der Waals surface area contributed by atoms with Gasteiger partial charge in [0.05, 0.1) is 28.7 Å². The molecule has 0 unspecified atom stereocenters. The van der Waals surface area contributed by atoms with Crippen LogP contribution in [0.25, 0.3) is 39.3 Å². The molecule has 3 heterocycles. The molecule has 3 aromatic heterocycles. The van der Waals surface area contributed by atoms with Gasteiger partial charge in [0.15, 0.2) is 11.4 Å². The minimum atomic E-state index is -1.04. The zero-order valence-corrected chi connectivity index (χ0v) is 18.1. The third-order valence-corrected chi connectivity index (χ3v) is 5.58. The lowest BCUT2D eigenvalue weighted by Gasteiger charge is -2.12. The van der Waals surface area contributed by atoms with Crippen molar-refractivity contribution < 1.29 is 14.7 Å². The first-order chi connectivity index (χ1) is 16.4. The number of aromatic nitrogens is 4. The standard InChI is InChI=1S/C26H19N5O3/c1-15(32)22-23(17-7-9-18(10-8-17)26(33)34)30-25-20(14-29-31(25)24(22)27)19-11-12-21(28-13-19)16-5-3-2-4-6-16/h2-14H,27H2,1H3,(H,33,34). The van der Waals surface area contributed by atoms with E-state index in [0.29, 0.717) is 22.5 Å². The number of anilines is 1. The normalized spacial score (nSPS) is 11.0. The largest absolute Gasteiger partial charge is 0.478 e. The van der Waals surface area contributed by atoms with E-state index in [2.05, 4.69) is 10.1 Å². The highest BCUT2D eigenvalue weighted by atomic mass is 16.4. The van der Waals surface area contributed by atoms with Gasteiger partial charge in [0.1, 0.15) is 5.82 Å². The highest BCUT2D eigenvalue weighted by Crippen LogP contribution is 2.32. The van der Waals surface area contributed by atoms with Gasteiger partial charge in [0, 0.05) is 28.5 Å². The highest BCUT2D eigenvalue weighted by Gasteiger charge is 2.21. The van der Waals surface area contributed by atoms with E-state index in [0.717, 1.165) is 16.8 Å². The maximum Gasteiger partial charge on any atom is 0.335 e. The molecule has 8 heteroatoms. The van der Waals surface area contributed by atoms with Gasteiger partial charge in [-0.1, -0.05) is 48.5 Å². The molecule has 166 valence electrons. The lowest BCUT2D eigenvalue weighted by Crippen LogP contribution is -2.11. The second-order valence-corrected chi connectivity index (χ2v) is 7.75. The van der Waals surface area contributed by atoms with Gasteiger partial charge in [-0.05, 0) is 25.1 Å². The third kappa shape index (κ3) is 3.57. The Morgan fingerprint density at radius 1 is 0.882 bits per heavy atom. The number of Topliss-reactive ketones (excluding diaryl/α,β-unsaturated/α-hetero) is 1. The summed E-state index contributed by atoms with van der Waals surface area (Å²) in [4.78, 5) is 33.0. The van der Waals surface area contributed by atoms with Crippen molar-refractivity contribution in [2.24, 2.45) is 0 Å². The van der Waals surface area contributed by atoms with Crippen molar-refractivity contribution in [3.63, 3.8) is 0 Å². The van der Waals surface area contributed by atoms with E-state index in [-0.39, 0.29) is 22.7 Å². The summed E-state index contributed by atoms with van der Waals surface area (Å²) in [6, 6.07) is 19.9. The first kappa shape index (κ1) is 21.0. The Hall–Kier alpha value is -4.85. The fraction of sp³-hybridized carbons (Fsp3) is 0.0385. The van der Waals surface area contributed by atoms with Crippen LogP contribution in [0.4, 0.5) is 5.82 Å². The molecule has 0 aliphatic rings. The number of hydrogen-bond acceptors (Lipinski definition) is 6. The summed E-state index contributed by atoms with van der Waals surface area (Å²) in [5.41, 5.74) is 11.5. The van der Waals surface area contributed by atoms with E-state index in [9.17, 15) is 14.7 Å². The maximum absolute atomic E-state index is 12.5. The number of rotatable bonds is 5. The minimum absolute atomic E-state index is 0.136. The molecule has 0 bridgehead atoms. The van der Waals surface area contributed by atoms with E-state index in [1.165, 1.54) is 23.6 Å². The summed E-state index contributed by atoms with van der Waals surface area (Å²) in [6.07, 6.45) is 3.39. The number of ketones is 1. The lowest BCUT2D eigenvalue weighted by atomic mass is 10.0. The second kappa shape index (κ2) is 8.25.